The van der Waals surface area contributed by atoms with Crippen molar-refractivity contribution >= 4 is 29.0 Å². The molecule has 0 saturated heterocycles. The van der Waals surface area contributed by atoms with E-state index in [1.54, 1.807) is 7.05 Å². The van der Waals surface area contributed by atoms with Gasteiger partial charge >= 0.3 is 0 Å². The van der Waals surface area contributed by atoms with Crippen molar-refractivity contribution in [1.82, 2.24) is 9.97 Å². The zero-order valence-electron chi connectivity index (χ0n) is 12.0. The number of nitrogens with one attached hydrogen (secondary N) is 1. The van der Waals surface area contributed by atoms with Crippen LogP contribution in [0.1, 0.15) is 21.5 Å². The van der Waals surface area contributed by atoms with Crippen molar-refractivity contribution in [2.45, 2.75) is 13.8 Å². The summed E-state index contributed by atoms with van der Waals surface area (Å²) in [5.41, 5.74) is 2.97. The van der Waals surface area contributed by atoms with Crippen LogP contribution in [0.15, 0.2) is 24.4 Å². The minimum absolute atomic E-state index is 0.0333. The normalized spacial score (nSPS) is 10.3. The summed E-state index contributed by atoms with van der Waals surface area (Å²) in [6, 6.07) is 5.79. The van der Waals surface area contributed by atoms with Gasteiger partial charge in [-0.15, -0.1) is 0 Å². The molecule has 0 bridgehead atoms. The van der Waals surface area contributed by atoms with Crippen LogP contribution < -0.4 is 16.2 Å². The van der Waals surface area contributed by atoms with E-state index in [9.17, 15) is 4.79 Å². The van der Waals surface area contributed by atoms with E-state index in [1.165, 1.54) is 11.2 Å². The fourth-order valence-electron chi connectivity index (χ4n) is 1.97. The maximum Gasteiger partial charge on any atom is 0.261 e. The molecule has 3 N–H and O–H groups in total. The van der Waals surface area contributed by atoms with E-state index >= 15 is 0 Å². The third kappa shape index (κ3) is 3.29. The lowest BCUT2D eigenvalue weighted by Gasteiger charge is -2.16. The summed E-state index contributed by atoms with van der Waals surface area (Å²) in [5.74, 6) is 5.60. The van der Waals surface area contributed by atoms with E-state index in [0.29, 0.717) is 0 Å². The highest BCUT2D eigenvalue weighted by Gasteiger charge is 2.17. The van der Waals surface area contributed by atoms with E-state index in [1.807, 2.05) is 32.0 Å². The third-order valence-electron chi connectivity index (χ3n) is 3.04. The SMILES string of the molecule is Cc1cccc(C)c1NC(=O)c1cnc(Cl)nc1N(C)N. The summed E-state index contributed by atoms with van der Waals surface area (Å²) in [7, 11) is 1.58. The molecule has 0 spiro atoms. The van der Waals surface area contributed by atoms with Crippen LogP contribution in [0.3, 0.4) is 0 Å². The Hall–Kier alpha value is -2.18. The molecular weight excluding hydrogens is 290 g/mol. The Balaban J connectivity index is 2.37. The number of aryl methyl sites for hydroxylation is 2. The van der Waals surface area contributed by atoms with E-state index in [0.717, 1.165) is 16.8 Å². The zero-order chi connectivity index (χ0) is 15.6. The van der Waals surface area contributed by atoms with Crippen LogP contribution in [-0.4, -0.2) is 22.9 Å². The second kappa shape index (κ2) is 6.07. The predicted molar refractivity (Wildman–Crippen MR) is 83.5 cm³/mol. The number of rotatable bonds is 3. The molecule has 0 fully saturated rings. The van der Waals surface area contributed by atoms with Crippen molar-refractivity contribution in [3.63, 3.8) is 0 Å². The second-order valence-electron chi connectivity index (χ2n) is 4.71. The number of hydrogen-bond acceptors (Lipinski definition) is 5. The summed E-state index contributed by atoms with van der Waals surface area (Å²) in [6.45, 7) is 3.86. The van der Waals surface area contributed by atoms with Crippen molar-refractivity contribution in [2.75, 3.05) is 17.4 Å². The second-order valence-corrected chi connectivity index (χ2v) is 5.05. The van der Waals surface area contributed by atoms with Crippen LogP contribution in [0.5, 0.6) is 0 Å². The van der Waals surface area contributed by atoms with Crippen molar-refractivity contribution in [3.05, 3.63) is 46.4 Å². The molecule has 0 atom stereocenters. The molecule has 1 amide bonds. The first kappa shape index (κ1) is 15.2. The Kier molecular flexibility index (Phi) is 4.40. The summed E-state index contributed by atoms with van der Waals surface area (Å²) in [5, 5.41) is 4.13. The first-order valence-electron chi connectivity index (χ1n) is 6.28. The Morgan fingerprint density at radius 2 is 1.95 bits per heavy atom. The molecule has 0 radical (unpaired) electrons. The Morgan fingerprint density at radius 1 is 1.33 bits per heavy atom. The summed E-state index contributed by atoms with van der Waals surface area (Å²) >= 11 is 5.74. The fraction of sp³-hybridized carbons (Fsp3) is 0.214. The number of hydrogen-bond donors (Lipinski definition) is 2. The number of anilines is 2. The number of hydrazine groups is 1. The first-order valence-corrected chi connectivity index (χ1v) is 6.66. The average Bonchev–Trinajstić information content (AvgIpc) is 2.42. The smallest absolute Gasteiger partial charge is 0.261 e. The van der Waals surface area contributed by atoms with Crippen LogP contribution in [-0.2, 0) is 0 Å². The summed E-state index contributed by atoms with van der Waals surface area (Å²) < 4.78 is 0. The lowest BCUT2D eigenvalue weighted by atomic mass is 10.1. The van der Waals surface area contributed by atoms with Gasteiger partial charge in [0.2, 0.25) is 5.28 Å². The van der Waals surface area contributed by atoms with Crippen molar-refractivity contribution < 1.29 is 4.79 Å². The molecule has 2 aromatic rings. The van der Waals surface area contributed by atoms with Gasteiger partial charge in [0.05, 0.1) is 0 Å². The van der Waals surface area contributed by atoms with Gasteiger partial charge in [-0.2, -0.15) is 4.98 Å². The molecule has 2 rings (SSSR count). The maximum absolute atomic E-state index is 12.4. The molecule has 1 aromatic carbocycles. The van der Waals surface area contributed by atoms with Gasteiger partial charge in [0.1, 0.15) is 5.56 Å². The minimum atomic E-state index is -0.337. The lowest BCUT2D eigenvalue weighted by molar-refractivity contribution is 0.102. The van der Waals surface area contributed by atoms with Crippen molar-refractivity contribution in [3.8, 4) is 0 Å². The molecule has 110 valence electrons. The van der Waals surface area contributed by atoms with Crippen LogP contribution in [0.25, 0.3) is 0 Å². The molecule has 0 unspecified atom stereocenters. The van der Waals surface area contributed by atoms with Gasteiger partial charge in [-0.05, 0) is 36.6 Å². The lowest BCUT2D eigenvalue weighted by Crippen LogP contribution is -2.29. The van der Waals surface area contributed by atoms with E-state index < -0.39 is 0 Å². The number of carbonyl (C=O) groups excluding carboxylic acids is 1. The van der Waals surface area contributed by atoms with Gasteiger partial charge in [-0.3, -0.25) is 9.80 Å². The third-order valence-corrected chi connectivity index (χ3v) is 3.22. The zero-order valence-corrected chi connectivity index (χ0v) is 12.8. The quantitative estimate of drug-likeness (QED) is 0.516. The molecule has 7 heteroatoms. The van der Waals surface area contributed by atoms with Gasteiger partial charge in [0.25, 0.3) is 5.91 Å². The molecule has 0 saturated carbocycles. The predicted octanol–water partition coefficient (Wildman–Crippen LogP) is 2.31. The van der Waals surface area contributed by atoms with Gasteiger partial charge in [-0.25, -0.2) is 10.8 Å². The standard InChI is InChI=1S/C14H16ClN5O/c1-8-5-4-6-9(2)11(8)18-13(21)10-7-17-14(15)19-12(10)20(3)16/h4-7H,16H2,1-3H3,(H,18,21). The number of halogens is 1. The average molecular weight is 306 g/mol. The van der Waals surface area contributed by atoms with Crippen LogP contribution >= 0.6 is 11.6 Å². The topological polar surface area (TPSA) is 84.1 Å². The Labute approximate surface area is 127 Å². The number of para-hydroxylation sites is 1. The molecule has 1 aromatic heterocycles. The van der Waals surface area contributed by atoms with Gasteiger partial charge in [-0.1, -0.05) is 18.2 Å². The molecule has 0 aliphatic heterocycles. The summed E-state index contributed by atoms with van der Waals surface area (Å²) in [6.07, 6.45) is 1.36. The van der Waals surface area contributed by atoms with E-state index in [-0.39, 0.29) is 22.6 Å². The highest BCUT2D eigenvalue weighted by Crippen LogP contribution is 2.22. The molecule has 1 heterocycles. The molecule has 0 aliphatic rings. The first-order chi connectivity index (χ1) is 9.90. The van der Waals surface area contributed by atoms with Crippen LogP contribution in [0.2, 0.25) is 5.28 Å². The maximum atomic E-state index is 12.4. The summed E-state index contributed by atoms with van der Waals surface area (Å²) in [4.78, 5) is 20.3. The van der Waals surface area contributed by atoms with Crippen molar-refractivity contribution in [1.29, 1.82) is 0 Å². The largest absolute Gasteiger partial charge is 0.321 e. The number of benzene rings is 1. The monoisotopic (exact) mass is 305 g/mol. The van der Waals surface area contributed by atoms with Crippen molar-refractivity contribution in [2.24, 2.45) is 5.84 Å². The van der Waals surface area contributed by atoms with Crippen LogP contribution in [0.4, 0.5) is 11.5 Å². The van der Waals surface area contributed by atoms with Gasteiger partial charge < -0.3 is 5.32 Å². The number of aromatic nitrogens is 2. The number of amides is 1. The molecule has 6 nitrogen and oxygen atoms in total. The van der Waals surface area contributed by atoms with E-state index in [2.05, 4.69) is 15.3 Å². The molecule has 0 aliphatic carbocycles. The number of nitrogens with two attached hydrogens (primary N) is 1. The number of carbonyl (C=O) groups is 1. The van der Waals surface area contributed by atoms with Crippen LogP contribution in [0, 0.1) is 13.8 Å². The van der Waals surface area contributed by atoms with Gasteiger partial charge in [0.15, 0.2) is 5.82 Å². The van der Waals surface area contributed by atoms with E-state index in [4.69, 9.17) is 17.4 Å². The Bertz CT molecular complexity index is 667. The molecular formula is C14H16ClN5O. The number of nitrogens with zero attached hydrogens (tertiary/aromatic N) is 3. The highest BCUT2D eigenvalue weighted by molar-refractivity contribution is 6.28. The van der Waals surface area contributed by atoms with Gasteiger partial charge in [0, 0.05) is 18.9 Å². The highest BCUT2D eigenvalue weighted by atomic mass is 35.5. The molecule has 21 heavy (non-hydrogen) atoms. The fourth-order valence-corrected chi connectivity index (χ4v) is 2.10. The minimum Gasteiger partial charge on any atom is -0.321 e. The Morgan fingerprint density at radius 3 is 2.52 bits per heavy atom.